The first-order valence-electron chi connectivity index (χ1n) is 20.6. The van der Waals surface area contributed by atoms with Crippen molar-refractivity contribution < 1.29 is 8.83 Å². The topological polar surface area (TPSA) is 58.5 Å². The van der Waals surface area contributed by atoms with Crippen LogP contribution in [0.15, 0.2) is 161 Å². The van der Waals surface area contributed by atoms with Crippen molar-refractivity contribution in [1.29, 1.82) is 0 Å². The van der Waals surface area contributed by atoms with Crippen LogP contribution in [0.4, 0.5) is 28.7 Å². The number of rotatable bonds is 6. The Labute approximate surface area is 347 Å². The normalized spacial score (nSPS) is 14.6. The molecule has 6 heteroatoms. The summed E-state index contributed by atoms with van der Waals surface area (Å²) in [4.78, 5) is 14.8. The molecule has 0 N–H and O–H groups in total. The van der Waals surface area contributed by atoms with E-state index in [0.29, 0.717) is 0 Å². The van der Waals surface area contributed by atoms with E-state index < -0.39 is 0 Å². The highest BCUT2D eigenvalue weighted by molar-refractivity contribution is 6.15. The summed E-state index contributed by atoms with van der Waals surface area (Å²) in [6.45, 7) is 8.67. The fourth-order valence-electron chi connectivity index (χ4n) is 9.80. The van der Waals surface area contributed by atoms with Gasteiger partial charge in [-0.15, -0.1) is 0 Å². The molecule has 2 aliphatic carbocycles. The van der Waals surface area contributed by atoms with Crippen LogP contribution in [0.3, 0.4) is 0 Å². The molecule has 2 aliphatic rings. The summed E-state index contributed by atoms with van der Waals surface area (Å²) in [7, 11) is 0. The molecule has 0 aliphatic heterocycles. The monoisotopic (exact) mass is 776 g/mol. The minimum Gasteiger partial charge on any atom is -0.454 e. The molecule has 0 amide bonds. The largest absolute Gasteiger partial charge is 0.454 e. The Morgan fingerprint density at radius 1 is 0.567 bits per heavy atom. The highest BCUT2D eigenvalue weighted by atomic mass is 16.3. The van der Waals surface area contributed by atoms with Crippen LogP contribution in [0.25, 0.3) is 65.8 Å². The van der Waals surface area contributed by atoms with Gasteiger partial charge in [0.2, 0.25) is 0 Å². The molecule has 0 saturated heterocycles. The van der Waals surface area contributed by atoms with Gasteiger partial charge in [-0.05, 0) is 126 Å². The van der Waals surface area contributed by atoms with Crippen molar-refractivity contribution in [3.63, 3.8) is 0 Å². The van der Waals surface area contributed by atoms with Crippen LogP contribution in [0.5, 0.6) is 0 Å². The average Bonchev–Trinajstić information content (AvgIpc) is 3.86. The Morgan fingerprint density at radius 2 is 1.18 bits per heavy atom. The lowest BCUT2D eigenvalue weighted by atomic mass is 9.75. The molecule has 60 heavy (non-hydrogen) atoms. The van der Waals surface area contributed by atoms with Crippen molar-refractivity contribution in [1.82, 2.24) is 9.97 Å². The van der Waals surface area contributed by atoms with E-state index >= 15 is 0 Å². The van der Waals surface area contributed by atoms with Gasteiger partial charge in [-0.3, -0.25) is 4.90 Å². The number of benzene rings is 6. The number of para-hydroxylation sites is 4. The van der Waals surface area contributed by atoms with E-state index in [2.05, 4.69) is 159 Å². The van der Waals surface area contributed by atoms with E-state index in [1.807, 2.05) is 30.6 Å². The highest BCUT2D eigenvalue weighted by Gasteiger charge is 2.36. The Bertz CT molecular complexity index is 3460. The van der Waals surface area contributed by atoms with Gasteiger partial charge in [-0.25, -0.2) is 9.97 Å². The maximum absolute atomic E-state index is 6.72. The lowest BCUT2D eigenvalue weighted by Gasteiger charge is -2.39. The van der Waals surface area contributed by atoms with Crippen LogP contribution in [0, 0.1) is 20.8 Å². The summed E-state index contributed by atoms with van der Waals surface area (Å²) in [5.74, 6) is 1.70. The van der Waals surface area contributed by atoms with Crippen molar-refractivity contribution in [3.05, 3.63) is 185 Å². The van der Waals surface area contributed by atoms with Gasteiger partial charge >= 0.3 is 0 Å². The van der Waals surface area contributed by atoms with Gasteiger partial charge in [-0.2, -0.15) is 0 Å². The fraction of sp³-hybridized carbons (Fsp3) is 0.111. The Morgan fingerprint density at radius 3 is 1.85 bits per heavy atom. The second kappa shape index (κ2) is 13.0. The van der Waals surface area contributed by atoms with Gasteiger partial charge in [-0.1, -0.05) is 97.1 Å². The number of pyridine rings is 2. The number of fused-ring (bicyclic) bond motifs is 6. The molecule has 0 spiro atoms. The number of anilines is 5. The number of allylic oxidation sites excluding steroid dienone is 2. The molecule has 12 rings (SSSR count). The SMILES string of the molecule is CC1=CC(N(c2ccc(C)cn2)c2cccc3c2oc2ccccc23)C2=CCc3c(C)cc(N(c4ccc(C)cn4)c4cccc5c4oc4ccccc45)c4ccc1c2c34. The van der Waals surface area contributed by atoms with Crippen molar-refractivity contribution >= 4 is 94.5 Å². The molecule has 0 saturated carbocycles. The maximum atomic E-state index is 6.72. The molecule has 10 aromatic rings. The number of furan rings is 2. The van der Waals surface area contributed by atoms with Crippen molar-refractivity contribution in [2.45, 2.75) is 40.2 Å². The minimum atomic E-state index is -0.159. The number of nitrogens with zero attached hydrogens (tertiary/aromatic N) is 4. The summed E-state index contributed by atoms with van der Waals surface area (Å²) in [6.07, 6.45) is 9.59. The molecule has 0 fully saturated rings. The highest BCUT2D eigenvalue weighted by Crippen LogP contribution is 2.52. The van der Waals surface area contributed by atoms with Crippen LogP contribution in [-0.4, -0.2) is 16.0 Å². The van der Waals surface area contributed by atoms with E-state index in [1.54, 1.807) is 0 Å². The summed E-state index contributed by atoms with van der Waals surface area (Å²) >= 11 is 0. The van der Waals surface area contributed by atoms with Gasteiger partial charge < -0.3 is 13.7 Å². The minimum absolute atomic E-state index is 0.159. The third kappa shape index (κ3) is 5.07. The average molecular weight is 777 g/mol. The van der Waals surface area contributed by atoms with E-state index in [0.717, 1.165) is 90.1 Å². The van der Waals surface area contributed by atoms with Crippen LogP contribution >= 0.6 is 0 Å². The molecule has 1 unspecified atom stereocenters. The maximum Gasteiger partial charge on any atom is 0.159 e. The van der Waals surface area contributed by atoms with Gasteiger partial charge in [0, 0.05) is 39.3 Å². The zero-order valence-corrected chi connectivity index (χ0v) is 33.8. The van der Waals surface area contributed by atoms with Crippen molar-refractivity contribution in [3.8, 4) is 0 Å². The van der Waals surface area contributed by atoms with Crippen molar-refractivity contribution in [2.75, 3.05) is 9.80 Å². The smallest absolute Gasteiger partial charge is 0.159 e. The number of aromatic nitrogens is 2. The second-order valence-electron chi connectivity index (χ2n) is 16.4. The van der Waals surface area contributed by atoms with E-state index in [9.17, 15) is 0 Å². The van der Waals surface area contributed by atoms with Gasteiger partial charge in [0.15, 0.2) is 11.2 Å². The fourth-order valence-corrected chi connectivity index (χ4v) is 9.80. The molecule has 4 heterocycles. The molecule has 6 aromatic carbocycles. The Kier molecular flexibility index (Phi) is 7.51. The zero-order chi connectivity index (χ0) is 40.2. The summed E-state index contributed by atoms with van der Waals surface area (Å²) < 4.78 is 13.4. The second-order valence-corrected chi connectivity index (χ2v) is 16.4. The molecular weight excluding hydrogens is 737 g/mol. The van der Waals surface area contributed by atoms with E-state index in [4.69, 9.17) is 18.8 Å². The number of hydrogen-bond donors (Lipinski definition) is 0. The quantitative estimate of drug-likeness (QED) is 0.168. The van der Waals surface area contributed by atoms with Crippen molar-refractivity contribution in [2.24, 2.45) is 0 Å². The number of aryl methyl sites for hydroxylation is 3. The summed E-state index contributed by atoms with van der Waals surface area (Å²) in [5.41, 5.74) is 16.2. The summed E-state index contributed by atoms with van der Waals surface area (Å²) in [6, 6.07) is 44.9. The molecule has 6 nitrogen and oxygen atoms in total. The third-order valence-corrected chi connectivity index (χ3v) is 12.6. The Hall–Kier alpha value is -7.44. The predicted molar refractivity (Wildman–Crippen MR) is 247 cm³/mol. The summed E-state index contributed by atoms with van der Waals surface area (Å²) in [5, 5.41) is 6.82. The van der Waals surface area contributed by atoms with Gasteiger partial charge in [0.1, 0.15) is 22.8 Å². The van der Waals surface area contributed by atoms with Crippen LogP contribution in [0.2, 0.25) is 0 Å². The lowest BCUT2D eigenvalue weighted by molar-refractivity contribution is 0.667. The van der Waals surface area contributed by atoms with Crippen LogP contribution in [-0.2, 0) is 6.42 Å². The molecule has 0 radical (unpaired) electrons. The van der Waals surface area contributed by atoms with Crippen LogP contribution < -0.4 is 9.80 Å². The molecule has 288 valence electrons. The first-order valence-corrected chi connectivity index (χ1v) is 20.6. The van der Waals surface area contributed by atoms with E-state index in [-0.39, 0.29) is 6.04 Å². The zero-order valence-electron chi connectivity index (χ0n) is 33.8. The standard InChI is InChI=1S/C54H40N4O2/c1-31-19-25-49(55-29-31)57(43-15-9-13-39-37-11-5-7-17-47(37)59-53(39)43)45-27-33(3)35-22-24-42-46(28-34(4)36-21-23-41(45)51(35)52(36)42)58(50-26-20-32(2)30-56-50)44-16-10-14-40-38-12-6-8-18-48(38)60-54(40)44/h5-21,23-30,46H,22H2,1-4H3. The molecular formula is C54H40N4O2. The lowest BCUT2D eigenvalue weighted by Crippen LogP contribution is -2.34. The van der Waals surface area contributed by atoms with Gasteiger partial charge in [0.05, 0.1) is 23.1 Å². The first kappa shape index (κ1) is 34.6. The Balaban J connectivity index is 1.10. The molecule has 0 bridgehead atoms. The van der Waals surface area contributed by atoms with Gasteiger partial charge in [0.25, 0.3) is 0 Å². The third-order valence-electron chi connectivity index (χ3n) is 12.6. The van der Waals surface area contributed by atoms with E-state index in [1.165, 1.54) is 44.2 Å². The molecule has 1 atom stereocenters. The first-order chi connectivity index (χ1) is 29.4. The number of hydrogen-bond acceptors (Lipinski definition) is 6. The molecule has 4 aromatic heterocycles. The predicted octanol–water partition coefficient (Wildman–Crippen LogP) is 14.4. The van der Waals surface area contributed by atoms with Crippen LogP contribution in [0.1, 0.15) is 40.3 Å².